The molecule has 0 nitrogen and oxygen atoms in total. The standard InChI is InChI=1S/C14H20/c1-3-7-13(8-4-1)9-5-2-6-10-14-11-12-14/h1,3-4,7-8,14H,2,5-6,9-12H2. The van der Waals surface area contributed by atoms with Crippen LogP contribution in [0.3, 0.4) is 0 Å². The van der Waals surface area contributed by atoms with Crippen LogP contribution in [-0.4, -0.2) is 0 Å². The Morgan fingerprint density at radius 3 is 2.43 bits per heavy atom. The molecule has 14 heavy (non-hydrogen) atoms. The van der Waals surface area contributed by atoms with E-state index in [1.807, 2.05) is 0 Å². The van der Waals surface area contributed by atoms with Gasteiger partial charge in [-0.3, -0.25) is 0 Å². The van der Waals surface area contributed by atoms with Gasteiger partial charge in [0, 0.05) is 0 Å². The van der Waals surface area contributed by atoms with Crippen LogP contribution in [0.4, 0.5) is 0 Å². The average molecular weight is 188 g/mol. The fourth-order valence-corrected chi connectivity index (χ4v) is 1.99. The number of unbranched alkanes of at least 4 members (excludes halogenated alkanes) is 2. The largest absolute Gasteiger partial charge is 0.0622 e. The summed E-state index contributed by atoms with van der Waals surface area (Å²) in [5.74, 6) is 1.12. The topological polar surface area (TPSA) is 0 Å². The summed E-state index contributed by atoms with van der Waals surface area (Å²) in [7, 11) is 0. The normalized spacial score (nSPS) is 15.7. The van der Waals surface area contributed by atoms with Crippen LogP contribution in [0.1, 0.15) is 44.1 Å². The summed E-state index contributed by atoms with van der Waals surface area (Å²) < 4.78 is 0. The molecule has 2 rings (SSSR count). The van der Waals surface area contributed by atoms with Crippen LogP contribution in [0, 0.1) is 5.92 Å². The molecule has 0 bridgehead atoms. The summed E-state index contributed by atoms with van der Waals surface area (Å²) in [6.07, 6.45) is 10.0. The van der Waals surface area contributed by atoms with E-state index in [0.29, 0.717) is 0 Å². The van der Waals surface area contributed by atoms with E-state index < -0.39 is 0 Å². The Morgan fingerprint density at radius 1 is 0.929 bits per heavy atom. The Morgan fingerprint density at radius 2 is 1.71 bits per heavy atom. The molecule has 0 unspecified atom stereocenters. The number of hydrogen-bond acceptors (Lipinski definition) is 0. The summed E-state index contributed by atoms with van der Waals surface area (Å²) in [6.45, 7) is 0. The Bertz CT molecular complexity index is 246. The van der Waals surface area contributed by atoms with Gasteiger partial charge >= 0.3 is 0 Å². The van der Waals surface area contributed by atoms with Gasteiger partial charge < -0.3 is 0 Å². The van der Waals surface area contributed by atoms with Crippen LogP contribution in [0.5, 0.6) is 0 Å². The smallest absolute Gasteiger partial charge is 0.0279 e. The van der Waals surface area contributed by atoms with Gasteiger partial charge in [-0.2, -0.15) is 0 Å². The Balaban J connectivity index is 1.54. The third-order valence-corrected chi connectivity index (χ3v) is 3.12. The van der Waals surface area contributed by atoms with Crippen molar-refractivity contribution in [2.24, 2.45) is 5.92 Å². The van der Waals surface area contributed by atoms with Crippen LogP contribution < -0.4 is 0 Å². The van der Waals surface area contributed by atoms with Gasteiger partial charge in [0.25, 0.3) is 0 Å². The zero-order chi connectivity index (χ0) is 9.64. The van der Waals surface area contributed by atoms with Gasteiger partial charge in [0.05, 0.1) is 0 Å². The van der Waals surface area contributed by atoms with E-state index in [9.17, 15) is 0 Å². The molecule has 0 amide bonds. The molecular formula is C14H20. The van der Waals surface area contributed by atoms with Gasteiger partial charge in [0.2, 0.25) is 0 Å². The fraction of sp³-hybridized carbons (Fsp3) is 0.571. The maximum atomic E-state index is 2.24. The molecule has 76 valence electrons. The molecule has 0 radical (unpaired) electrons. The van der Waals surface area contributed by atoms with Crippen molar-refractivity contribution >= 4 is 0 Å². The van der Waals surface area contributed by atoms with E-state index in [1.54, 1.807) is 0 Å². The third kappa shape index (κ3) is 3.53. The molecule has 0 N–H and O–H groups in total. The molecule has 1 saturated carbocycles. The summed E-state index contributed by atoms with van der Waals surface area (Å²) in [5, 5.41) is 0. The Hall–Kier alpha value is -0.780. The van der Waals surface area contributed by atoms with Gasteiger partial charge in [0.1, 0.15) is 0 Å². The van der Waals surface area contributed by atoms with Crippen molar-refractivity contribution in [3.8, 4) is 0 Å². The first kappa shape index (κ1) is 9.76. The van der Waals surface area contributed by atoms with Crippen LogP contribution in [0.15, 0.2) is 30.3 Å². The fourth-order valence-electron chi connectivity index (χ4n) is 1.99. The monoisotopic (exact) mass is 188 g/mol. The zero-order valence-electron chi connectivity index (χ0n) is 8.91. The van der Waals surface area contributed by atoms with Crippen LogP contribution in [0.25, 0.3) is 0 Å². The van der Waals surface area contributed by atoms with E-state index in [-0.39, 0.29) is 0 Å². The number of aryl methyl sites for hydroxylation is 1. The minimum atomic E-state index is 1.12. The first-order chi connectivity index (χ1) is 6.95. The molecule has 1 aromatic rings. The van der Waals surface area contributed by atoms with Gasteiger partial charge in [-0.05, 0) is 24.3 Å². The summed E-state index contributed by atoms with van der Waals surface area (Å²) >= 11 is 0. The van der Waals surface area contributed by atoms with Gasteiger partial charge in [-0.25, -0.2) is 0 Å². The van der Waals surface area contributed by atoms with Crippen molar-refractivity contribution in [1.82, 2.24) is 0 Å². The summed E-state index contributed by atoms with van der Waals surface area (Å²) in [6, 6.07) is 10.8. The second-order valence-electron chi connectivity index (χ2n) is 4.53. The maximum absolute atomic E-state index is 2.24. The molecule has 0 aromatic heterocycles. The van der Waals surface area contributed by atoms with Crippen LogP contribution in [-0.2, 0) is 6.42 Å². The highest BCUT2D eigenvalue weighted by Crippen LogP contribution is 2.34. The van der Waals surface area contributed by atoms with Gasteiger partial charge in [0.15, 0.2) is 0 Å². The lowest BCUT2D eigenvalue weighted by Crippen LogP contribution is -1.85. The van der Waals surface area contributed by atoms with Crippen molar-refractivity contribution in [1.29, 1.82) is 0 Å². The lowest BCUT2D eigenvalue weighted by atomic mass is 10.1. The van der Waals surface area contributed by atoms with Crippen molar-refractivity contribution in [3.63, 3.8) is 0 Å². The number of rotatable bonds is 6. The van der Waals surface area contributed by atoms with Crippen molar-refractivity contribution in [2.45, 2.75) is 44.9 Å². The SMILES string of the molecule is c1ccc(CCCCCC2CC2)cc1. The molecule has 0 aliphatic heterocycles. The Labute approximate surface area is 87.3 Å². The van der Waals surface area contributed by atoms with E-state index >= 15 is 0 Å². The maximum Gasteiger partial charge on any atom is -0.0279 e. The summed E-state index contributed by atoms with van der Waals surface area (Å²) in [5.41, 5.74) is 1.50. The molecular weight excluding hydrogens is 168 g/mol. The van der Waals surface area contributed by atoms with Crippen molar-refractivity contribution in [3.05, 3.63) is 35.9 Å². The molecule has 0 heterocycles. The molecule has 0 heteroatoms. The lowest BCUT2D eigenvalue weighted by molar-refractivity contribution is 0.603. The molecule has 1 aromatic carbocycles. The molecule has 1 aliphatic rings. The van der Waals surface area contributed by atoms with E-state index in [1.165, 1.54) is 50.5 Å². The van der Waals surface area contributed by atoms with Gasteiger partial charge in [-0.1, -0.05) is 62.4 Å². The molecule has 1 aliphatic carbocycles. The van der Waals surface area contributed by atoms with E-state index in [4.69, 9.17) is 0 Å². The molecule has 0 atom stereocenters. The average Bonchev–Trinajstić information content (AvgIpc) is 3.03. The second kappa shape index (κ2) is 5.19. The van der Waals surface area contributed by atoms with Crippen LogP contribution in [0.2, 0.25) is 0 Å². The number of benzene rings is 1. The second-order valence-corrected chi connectivity index (χ2v) is 4.53. The van der Waals surface area contributed by atoms with Crippen molar-refractivity contribution < 1.29 is 0 Å². The first-order valence-corrected chi connectivity index (χ1v) is 5.99. The zero-order valence-corrected chi connectivity index (χ0v) is 8.91. The highest BCUT2D eigenvalue weighted by atomic mass is 14.3. The van der Waals surface area contributed by atoms with E-state index in [0.717, 1.165) is 5.92 Å². The highest BCUT2D eigenvalue weighted by Gasteiger charge is 2.19. The predicted octanol–water partition coefficient (Wildman–Crippen LogP) is 4.20. The van der Waals surface area contributed by atoms with Gasteiger partial charge in [-0.15, -0.1) is 0 Å². The minimum Gasteiger partial charge on any atom is -0.0622 e. The molecule has 1 fully saturated rings. The molecule has 0 spiro atoms. The van der Waals surface area contributed by atoms with Crippen LogP contribution >= 0.6 is 0 Å². The third-order valence-electron chi connectivity index (χ3n) is 3.12. The quantitative estimate of drug-likeness (QED) is 0.587. The first-order valence-electron chi connectivity index (χ1n) is 5.99. The number of hydrogen-bond donors (Lipinski definition) is 0. The molecule has 0 saturated heterocycles. The summed E-state index contributed by atoms with van der Waals surface area (Å²) in [4.78, 5) is 0. The van der Waals surface area contributed by atoms with Crippen molar-refractivity contribution in [2.75, 3.05) is 0 Å². The lowest BCUT2D eigenvalue weighted by Gasteiger charge is -2.01. The minimum absolute atomic E-state index is 1.12. The highest BCUT2D eigenvalue weighted by molar-refractivity contribution is 5.14. The predicted molar refractivity (Wildman–Crippen MR) is 61.3 cm³/mol. The Kier molecular flexibility index (Phi) is 3.62. The van der Waals surface area contributed by atoms with E-state index in [2.05, 4.69) is 30.3 Å².